The van der Waals surface area contributed by atoms with Gasteiger partial charge in [0.2, 0.25) is 5.91 Å². The molecular weight excluding hydrogens is 345 g/mol. The molecular formula is C18H31Cl2N3O. The van der Waals surface area contributed by atoms with E-state index in [4.69, 9.17) is 5.73 Å². The van der Waals surface area contributed by atoms with Crippen LogP contribution in [-0.4, -0.2) is 48.9 Å². The minimum absolute atomic E-state index is 0. The van der Waals surface area contributed by atoms with Gasteiger partial charge < -0.3 is 15.5 Å². The third-order valence-electron chi connectivity index (χ3n) is 4.80. The fourth-order valence-electron chi connectivity index (χ4n) is 3.12. The van der Waals surface area contributed by atoms with Crippen LogP contribution in [0, 0.1) is 6.92 Å². The first-order valence-electron chi connectivity index (χ1n) is 8.26. The number of nitrogens with zero attached hydrogens (tertiary/aromatic N) is 2. The van der Waals surface area contributed by atoms with Gasteiger partial charge in [0.05, 0.1) is 0 Å². The third kappa shape index (κ3) is 6.25. The number of amides is 1. The van der Waals surface area contributed by atoms with Crippen LogP contribution >= 0.6 is 24.8 Å². The summed E-state index contributed by atoms with van der Waals surface area (Å²) in [7, 11) is 4.04. The Bertz CT molecular complexity index is 496. The van der Waals surface area contributed by atoms with Crippen LogP contribution in [0.4, 0.5) is 0 Å². The molecule has 2 atom stereocenters. The van der Waals surface area contributed by atoms with E-state index in [0.717, 1.165) is 18.5 Å². The predicted molar refractivity (Wildman–Crippen MR) is 105 cm³/mol. The van der Waals surface area contributed by atoms with E-state index in [1.807, 2.05) is 38.2 Å². The number of likely N-dealkylation sites (tertiary alicyclic amines) is 1. The number of piperidine rings is 1. The first-order chi connectivity index (χ1) is 10.5. The number of halogens is 2. The maximum atomic E-state index is 12.5. The first kappa shape index (κ1) is 23.2. The molecule has 1 amide bonds. The molecule has 0 saturated carbocycles. The van der Waals surface area contributed by atoms with Crippen molar-refractivity contribution in [3.8, 4) is 0 Å². The monoisotopic (exact) mass is 375 g/mol. The predicted octanol–water partition coefficient (Wildman–Crippen LogP) is 3.17. The van der Waals surface area contributed by atoms with Crippen LogP contribution in [0.15, 0.2) is 24.3 Å². The zero-order valence-electron chi connectivity index (χ0n) is 14.9. The molecule has 1 fully saturated rings. The highest BCUT2D eigenvalue weighted by molar-refractivity contribution is 5.85. The summed E-state index contributed by atoms with van der Waals surface area (Å²) in [6, 6.07) is 7.93. The molecule has 24 heavy (non-hydrogen) atoms. The highest BCUT2D eigenvalue weighted by Crippen LogP contribution is 2.19. The molecule has 4 nitrogen and oxygen atoms in total. The van der Waals surface area contributed by atoms with E-state index in [0.29, 0.717) is 6.04 Å². The number of benzene rings is 1. The lowest BCUT2D eigenvalue weighted by Gasteiger charge is -2.33. The van der Waals surface area contributed by atoms with Gasteiger partial charge in [0.25, 0.3) is 0 Å². The Labute approximate surface area is 158 Å². The maximum absolute atomic E-state index is 12.5. The van der Waals surface area contributed by atoms with Gasteiger partial charge in [0.15, 0.2) is 0 Å². The molecule has 0 aliphatic carbocycles. The topological polar surface area (TPSA) is 49.6 Å². The van der Waals surface area contributed by atoms with Gasteiger partial charge in [-0.15, -0.1) is 24.8 Å². The van der Waals surface area contributed by atoms with Gasteiger partial charge in [-0.25, -0.2) is 0 Å². The van der Waals surface area contributed by atoms with Crippen LogP contribution in [0.2, 0.25) is 0 Å². The molecule has 1 aromatic carbocycles. The summed E-state index contributed by atoms with van der Waals surface area (Å²) >= 11 is 0. The van der Waals surface area contributed by atoms with Gasteiger partial charge in [0.1, 0.15) is 6.04 Å². The summed E-state index contributed by atoms with van der Waals surface area (Å²) in [4.78, 5) is 16.7. The molecule has 138 valence electrons. The number of hydrogen-bond acceptors (Lipinski definition) is 3. The molecule has 0 bridgehead atoms. The van der Waals surface area contributed by atoms with Crippen LogP contribution in [-0.2, 0) is 4.79 Å². The van der Waals surface area contributed by atoms with E-state index in [-0.39, 0.29) is 30.7 Å². The van der Waals surface area contributed by atoms with Crippen molar-refractivity contribution >= 4 is 30.7 Å². The Kier molecular flexibility index (Phi) is 10.6. The zero-order chi connectivity index (χ0) is 16.1. The number of rotatable bonds is 5. The number of carbonyl (C=O) groups excluding carboxylic acids is 1. The quantitative estimate of drug-likeness (QED) is 0.859. The van der Waals surface area contributed by atoms with Crippen molar-refractivity contribution in [2.24, 2.45) is 5.73 Å². The summed E-state index contributed by atoms with van der Waals surface area (Å²) < 4.78 is 0. The molecule has 1 aromatic rings. The van der Waals surface area contributed by atoms with Gasteiger partial charge in [-0.1, -0.05) is 36.2 Å². The van der Waals surface area contributed by atoms with Crippen LogP contribution in [0.3, 0.4) is 0 Å². The van der Waals surface area contributed by atoms with E-state index in [9.17, 15) is 4.79 Å². The normalized spacial score (nSPS) is 18.9. The Balaban J connectivity index is 0.00000264. The minimum atomic E-state index is -0.560. The smallest absolute Gasteiger partial charge is 0.243 e. The average Bonchev–Trinajstić information content (AvgIpc) is 2.53. The highest BCUT2D eigenvalue weighted by atomic mass is 35.5. The van der Waals surface area contributed by atoms with E-state index in [2.05, 4.69) is 11.9 Å². The van der Waals surface area contributed by atoms with Crippen molar-refractivity contribution in [2.45, 2.75) is 44.7 Å². The number of hydrogen-bond donors (Lipinski definition) is 1. The largest absolute Gasteiger partial charge is 0.344 e. The SMILES string of the molecule is Cc1ccc(C(N)C(=O)N(C)CCC2CCCCN2C)cc1.Cl.Cl. The summed E-state index contributed by atoms with van der Waals surface area (Å²) in [5.74, 6) is 0.00214. The fourth-order valence-corrected chi connectivity index (χ4v) is 3.12. The second-order valence-corrected chi connectivity index (χ2v) is 6.57. The van der Waals surface area contributed by atoms with Crippen molar-refractivity contribution in [1.82, 2.24) is 9.80 Å². The van der Waals surface area contributed by atoms with Crippen LogP contribution in [0.1, 0.15) is 42.9 Å². The molecule has 1 aliphatic heterocycles. The lowest BCUT2D eigenvalue weighted by Crippen LogP contribution is -2.41. The Morgan fingerprint density at radius 3 is 2.50 bits per heavy atom. The Hall–Kier alpha value is -0.810. The van der Waals surface area contributed by atoms with Crippen molar-refractivity contribution in [2.75, 3.05) is 27.2 Å². The fraction of sp³-hybridized carbons (Fsp3) is 0.611. The summed E-state index contributed by atoms with van der Waals surface area (Å²) in [5, 5.41) is 0. The van der Waals surface area contributed by atoms with Crippen molar-refractivity contribution < 1.29 is 4.79 Å². The van der Waals surface area contributed by atoms with Crippen LogP contribution in [0.5, 0.6) is 0 Å². The van der Waals surface area contributed by atoms with E-state index < -0.39 is 6.04 Å². The molecule has 2 N–H and O–H groups in total. The molecule has 2 rings (SSSR count). The highest BCUT2D eigenvalue weighted by Gasteiger charge is 2.23. The Morgan fingerprint density at radius 1 is 1.29 bits per heavy atom. The molecule has 2 unspecified atom stereocenters. The molecule has 1 aliphatic rings. The standard InChI is InChI=1S/C18H29N3O.2ClH/c1-14-7-9-15(10-8-14)17(19)18(22)21(3)13-11-16-6-4-5-12-20(16)2;;/h7-10,16-17H,4-6,11-13,19H2,1-3H3;2*1H. The maximum Gasteiger partial charge on any atom is 0.243 e. The third-order valence-corrected chi connectivity index (χ3v) is 4.80. The molecule has 0 spiro atoms. The van der Waals surface area contributed by atoms with Gasteiger partial charge >= 0.3 is 0 Å². The number of nitrogens with two attached hydrogens (primary N) is 1. The number of carbonyl (C=O) groups is 1. The molecule has 0 radical (unpaired) electrons. The van der Waals surface area contributed by atoms with Crippen LogP contribution < -0.4 is 5.73 Å². The molecule has 0 aromatic heterocycles. The van der Waals surface area contributed by atoms with Crippen molar-refractivity contribution in [3.05, 3.63) is 35.4 Å². The first-order valence-corrected chi connectivity index (χ1v) is 8.26. The van der Waals surface area contributed by atoms with Crippen molar-refractivity contribution in [3.63, 3.8) is 0 Å². The molecule has 1 heterocycles. The van der Waals surface area contributed by atoms with Gasteiger partial charge in [-0.2, -0.15) is 0 Å². The van der Waals surface area contributed by atoms with Crippen LogP contribution in [0.25, 0.3) is 0 Å². The lowest BCUT2D eigenvalue weighted by molar-refractivity contribution is -0.131. The van der Waals surface area contributed by atoms with E-state index in [1.165, 1.54) is 31.4 Å². The molecule has 6 heteroatoms. The average molecular weight is 376 g/mol. The number of aryl methyl sites for hydroxylation is 1. The van der Waals surface area contributed by atoms with E-state index in [1.54, 1.807) is 4.90 Å². The van der Waals surface area contributed by atoms with Gasteiger partial charge in [0, 0.05) is 19.6 Å². The number of likely N-dealkylation sites (N-methyl/N-ethyl adjacent to an activating group) is 1. The zero-order valence-corrected chi connectivity index (χ0v) is 16.5. The lowest BCUT2D eigenvalue weighted by atomic mass is 9.99. The van der Waals surface area contributed by atoms with Gasteiger partial charge in [-0.05, 0) is 45.3 Å². The second-order valence-electron chi connectivity index (χ2n) is 6.57. The minimum Gasteiger partial charge on any atom is -0.344 e. The molecule has 1 saturated heterocycles. The van der Waals surface area contributed by atoms with Crippen molar-refractivity contribution in [1.29, 1.82) is 0 Å². The summed E-state index contributed by atoms with van der Waals surface area (Å²) in [6.07, 6.45) is 4.86. The van der Waals surface area contributed by atoms with E-state index >= 15 is 0 Å². The summed E-state index contributed by atoms with van der Waals surface area (Å²) in [6.45, 7) is 3.97. The van der Waals surface area contributed by atoms with Gasteiger partial charge in [-0.3, -0.25) is 4.79 Å². The summed E-state index contributed by atoms with van der Waals surface area (Å²) in [5.41, 5.74) is 8.19. The Morgan fingerprint density at radius 2 is 1.92 bits per heavy atom. The second kappa shape index (κ2) is 10.9.